The van der Waals surface area contributed by atoms with Gasteiger partial charge in [0.05, 0.1) is 12.4 Å². The number of nitrogens with zero attached hydrogens (tertiary/aromatic N) is 3. The van der Waals surface area contributed by atoms with Crippen LogP contribution in [-0.2, 0) is 0 Å². The van der Waals surface area contributed by atoms with Gasteiger partial charge in [-0.2, -0.15) is 5.26 Å². The van der Waals surface area contributed by atoms with Crippen LogP contribution in [0.25, 0.3) is 0 Å². The lowest BCUT2D eigenvalue weighted by molar-refractivity contribution is 0.454. The van der Waals surface area contributed by atoms with Gasteiger partial charge in [0, 0.05) is 0 Å². The first kappa shape index (κ1) is 11.0. The largest absolute Gasteiger partial charge is 0.437 e. The van der Waals surface area contributed by atoms with Gasteiger partial charge in [0.1, 0.15) is 17.6 Å². The van der Waals surface area contributed by atoms with Gasteiger partial charge in [0.2, 0.25) is 5.88 Å². The zero-order valence-electron chi connectivity index (χ0n) is 9.01. The van der Waals surface area contributed by atoms with Crippen LogP contribution in [0.15, 0.2) is 30.6 Å². The predicted molar refractivity (Wildman–Crippen MR) is 58.0 cm³/mol. The van der Waals surface area contributed by atoms with Crippen molar-refractivity contribution in [3.63, 3.8) is 0 Å². The summed E-state index contributed by atoms with van der Waals surface area (Å²) in [5.74, 6) is 0.449. The minimum Gasteiger partial charge on any atom is -0.437 e. The van der Waals surface area contributed by atoms with Crippen molar-refractivity contribution < 1.29 is 9.13 Å². The number of aromatic nitrogens is 2. The Morgan fingerprint density at radius 1 is 1.29 bits per heavy atom. The Morgan fingerprint density at radius 2 is 2.12 bits per heavy atom. The second kappa shape index (κ2) is 4.58. The quantitative estimate of drug-likeness (QED) is 0.794. The Morgan fingerprint density at radius 3 is 2.71 bits per heavy atom. The van der Waals surface area contributed by atoms with E-state index in [4.69, 9.17) is 10.00 Å². The minimum atomic E-state index is -0.319. The maximum Gasteiger partial charge on any atom is 0.237 e. The van der Waals surface area contributed by atoms with E-state index in [1.54, 1.807) is 6.92 Å². The van der Waals surface area contributed by atoms with Crippen molar-refractivity contribution in [2.75, 3.05) is 0 Å². The molecule has 4 nitrogen and oxygen atoms in total. The van der Waals surface area contributed by atoms with E-state index in [1.165, 1.54) is 30.6 Å². The smallest absolute Gasteiger partial charge is 0.237 e. The highest BCUT2D eigenvalue weighted by molar-refractivity contribution is 5.35. The second-order valence-electron chi connectivity index (χ2n) is 3.36. The Labute approximate surface area is 97.3 Å². The third-order valence-electron chi connectivity index (χ3n) is 2.09. The average Bonchev–Trinajstić information content (AvgIpc) is 2.34. The first-order valence-corrected chi connectivity index (χ1v) is 4.85. The molecular weight excluding hydrogens is 221 g/mol. The number of nitriles is 1. The van der Waals surface area contributed by atoms with Crippen molar-refractivity contribution in [3.8, 4) is 17.7 Å². The van der Waals surface area contributed by atoms with Gasteiger partial charge >= 0.3 is 0 Å². The Balaban J connectivity index is 2.23. The van der Waals surface area contributed by atoms with Crippen molar-refractivity contribution in [1.82, 2.24) is 9.97 Å². The first-order valence-electron chi connectivity index (χ1n) is 4.85. The number of rotatable bonds is 2. The molecule has 0 fully saturated rings. The molecular formula is C12H8FN3O. The monoisotopic (exact) mass is 229 g/mol. The molecule has 1 heterocycles. The van der Waals surface area contributed by atoms with E-state index in [0.29, 0.717) is 11.3 Å². The van der Waals surface area contributed by atoms with E-state index in [2.05, 4.69) is 9.97 Å². The van der Waals surface area contributed by atoms with Crippen molar-refractivity contribution >= 4 is 0 Å². The lowest BCUT2D eigenvalue weighted by Gasteiger charge is -2.06. The Hall–Kier alpha value is -2.48. The van der Waals surface area contributed by atoms with Crippen LogP contribution < -0.4 is 4.74 Å². The fraction of sp³-hybridized carbons (Fsp3) is 0.0833. The summed E-state index contributed by atoms with van der Waals surface area (Å²) in [6.45, 7) is 1.73. The number of hydrogen-bond acceptors (Lipinski definition) is 4. The SMILES string of the molecule is Cc1cc(F)ccc1Oc1cnc(C#N)cn1. The summed E-state index contributed by atoms with van der Waals surface area (Å²) in [5.41, 5.74) is 0.879. The van der Waals surface area contributed by atoms with Gasteiger partial charge in [-0.15, -0.1) is 0 Å². The van der Waals surface area contributed by atoms with E-state index < -0.39 is 0 Å². The molecule has 0 saturated heterocycles. The molecule has 0 atom stereocenters. The second-order valence-corrected chi connectivity index (χ2v) is 3.36. The maximum atomic E-state index is 12.9. The molecule has 2 aromatic rings. The zero-order chi connectivity index (χ0) is 12.3. The highest BCUT2D eigenvalue weighted by Crippen LogP contribution is 2.23. The van der Waals surface area contributed by atoms with Crippen molar-refractivity contribution in [2.24, 2.45) is 0 Å². The predicted octanol–water partition coefficient (Wildman–Crippen LogP) is 2.59. The number of halogens is 1. The molecule has 0 spiro atoms. The summed E-state index contributed by atoms with van der Waals surface area (Å²) in [7, 11) is 0. The molecule has 0 amide bonds. The number of ether oxygens (including phenoxy) is 1. The molecule has 0 radical (unpaired) electrons. The van der Waals surface area contributed by atoms with Crippen LogP contribution in [0.4, 0.5) is 4.39 Å². The van der Waals surface area contributed by atoms with Gasteiger partial charge in [0.15, 0.2) is 5.69 Å². The molecule has 5 heteroatoms. The van der Waals surface area contributed by atoms with E-state index in [-0.39, 0.29) is 17.4 Å². The fourth-order valence-electron chi connectivity index (χ4n) is 1.27. The van der Waals surface area contributed by atoms with E-state index in [0.717, 1.165) is 0 Å². The van der Waals surface area contributed by atoms with Crippen molar-refractivity contribution in [1.29, 1.82) is 5.26 Å². The number of hydrogen-bond donors (Lipinski definition) is 0. The van der Waals surface area contributed by atoms with Crippen LogP contribution in [0.1, 0.15) is 11.3 Å². The van der Waals surface area contributed by atoms with Crippen molar-refractivity contribution in [2.45, 2.75) is 6.92 Å². The Kier molecular flexibility index (Phi) is 2.97. The molecule has 0 aliphatic heterocycles. The lowest BCUT2D eigenvalue weighted by Crippen LogP contribution is -1.93. The van der Waals surface area contributed by atoms with Gasteiger partial charge in [0.25, 0.3) is 0 Å². The van der Waals surface area contributed by atoms with Gasteiger partial charge in [-0.3, -0.25) is 0 Å². The van der Waals surface area contributed by atoms with Crippen LogP contribution in [-0.4, -0.2) is 9.97 Å². The molecule has 0 aliphatic carbocycles. The standard InChI is InChI=1S/C12H8FN3O/c1-8-4-9(13)2-3-11(8)17-12-7-15-10(5-14)6-16-12/h2-4,6-7H,1H3. The third-order valence-corrected chi connectivity index (χ3v) is 2.09. The van der Waals surface area contributed by atoms with Crippen LogP contribution in [0, 0.1) is 24.1 Å². The zero-order valence-corrected chi connectivity index (χ0v) is 9.01. The Bertz CT molecular complexity index is 575. The summed E-state index contributed by atoms with van der Waals surface area (Å²) in [6.07, 6.45) is 2.66. The summed E-state index contributed by atoms with van der Waals surface area (Å²) < 4.78 is 18.3. The van der Waals surface area contributed by atoms with Gasteiger partial charge in [-0.05, 0) is 30.7 Å². The van der Waals surface area contributed by atoms with Gasteiger partial charge in [-0.1, -0.05) is 0 Å². The average molecular weight is 229 g/mol. The van der Waals surface area contributed by atoms with Crippen LogP contribution >= 0.6 is 0 Å². The number of benzene rings is 1. The third kappa shape index (κ3) is 2.55. The van der Waals surface area contributed by atoms with E-state index >= 15 is 0 Å². The van der Waals surface area contributed by atoms with Crippen LogP contribution in [0.3, 0.4) is 0 Å². The highest BCUT2D eigenvalue weighted by Gasteiger charge is 2.04. The van der Waals surface area contributed by atoms with E-state index in [9.17, 15) is 4.39 Å². The summed E-state index contributed by atoms with van der Waals surface area (Å²) in [5, 5.41) is 8.56. The van der Waals surface area contributed by atoms with Crippen LogP contribution in [0.5, 0.6) is 11.6 Å². The molecule has 17 heavy (non-hydrogen) atoms. The summed E-state index contributed by atoms with van der Waals surface area (Å²) in [4.78, 5) is 7.73. The summed E-state index contributed by atoms with van der Waals surface area (Å²) in [6, 6.07) is 6.05. The van der Waals surface area contributed by atoms with Crippen molar-refractivity contribution in [3.05, 3.63) is 47.7 Å². The summed E-state index contributed by atoms with van der Waals surface area (Å²) >= 11 is 0. The molecule has 0 saturated carbocycles. The normalized spacial score (nSPS) is 9.71. The van der Waals surface area contributed by atoms with Gasteiger partial charge < -0.3 is 4.74 Å². The number of aryl methyl sites for hydroxylation is 1. The molecule has 84 valence electrons. The topological polar surface area (TPSA) is 58.8 Å². The highest BCUT2D eigenvalue weighted by atomic mass is 19.1. The first-order chi connectivity index (χ1) is 8.19. The van der Waals surface area contributed by atoms with Crippen LogP contribution in [0.2, 0.25) is 0 Å². The van der Waals surface area contributed by atoms with E-state index in [1.807, 2.05) is 6.07 Å². The fourth-order valence-corrected chi connectivity index (χ4v) is 1.27. The lowest BCUT2D eigenvalue weighted by atomic mass is 10.2. The maximum absolute atomic E-state index is 12.9. The molecule has 0 aliphatic rings. The molecule has 0 N–H and O–H groups in total. The molecule has 1 aromatic carbocycles. The molecule has 0 bridgehead atoms. The molecule has 1 aromatic heterocycles. The molecule has 2 rings (SSSR count). The minimum absolute atomic E-state index is 0.216. The molecule has 0 unspecified atom stereocenters. The van der Waals surface area contributed by atoms with Gasteiger partial charge in [-0.25, -0.2) is 14.4 Å².